The summed E-state index contributed by atoms with van der Waals surface area (Å²) < 4.78 is 2.01. The summed E-state index contributed by atoms with van der Waals surface area (Å²) in [5, 5.41) is 0. The minimum atomic E-state index is 0.563. The predicted octanol–water partition coefficient (Wildman–Crippen LogP) is 2.05. The van der Waals surface area contributed by atoms with Crippen molar-refractivity contribution >= 4 is 17.1 Å². The van der Waals surface area contributed by atoms with Crippen molar-refractivity contribution in [1.82, 2.24) is 19.4 Å². The van der Waals surface area contributed by atoms with Gasteiger partial charge in [0.15, 0.2) is 5.65 Å². The third kappa shape index (κ3) is 3.04. The Morgan fingerprint density at radius 2 is 2.05 bits per heavy atom. The van der Waals surface area contributed by atoms with Gasteiger partial charge in [-0.15, -0.1) is 0 Å². The summed E-state index contributed by atoms with van der Waals surface area (Å²) >= 11 is 0. The molecule has 0 saturated carbocycles. The summed E-state index contributed by atoms with van der Waals surface area (Å²) in [6, 6.07) is 2.03. The Labute approximate surface area is 114 Å². The summed E-state index contributed by atoms with van der Waals surface area (Å²) in [5.74, 6) is 0.563. The highest BCUT2D eigenvalue weighted by Gasteiger charge is 2.09. The molecule has 2 heterocycles. The third-order valence-corrected chi connectivity index (χ3v) is 3.50. The van der Waals surface area contributed by atoms with Crippen LogP contribution in [-0.4, -0.2) is 39.1 Å². The van der Waals surface area contributed by atoms with E-state index in [1.165, 1.54) is 0 Å². The first-order valence-corrected chi connectivity index (χ1v) is 6.96. The zero-order valence-corrected chi connectivity index (χ0v) is 12.1. The molecule has 0 unspecified atom stereocenters. The zero-order chi connectivity index (χ0) is 13.8. The molecule has 19 heavy (non-hydrogen) atoms. The predicted molar refractivity (Wildman–Crippen MR) is 79.1 cm³/mol. The van der Waals surface area contributed by atoms with Crippen molar-refractivity contribution in [2.75, 3.05) is 25.4 Å². The number of rotatable bonds is 6. The van der Waals surface area contributed by atoms with E-state index in [9.17, 15) is 0 Å². The largest absolute Gasteiger partial charge is 0.369 e. The van der Waals surface area contributed by atoms with Crippen molar-refractivity contribution in [3.05, 3.63) is 17.8 Å². The molecule has 5 heteroatoms. The summed E-state index contributed by atoms with van der Waals surface area (Å²) in [5.41, 5.74) is 8.88. The number of nitrogens with two attached hydrogens (primary N) is 1. The number of imidazole rings is 1. The van der Waals surface area contributed by atoms with E-state index in [2.05, 4.69) is 28.7 Å². The fourth-order valence-electron chi connectivity index (χ4n) is 2.34. The molecule has 2 rings (SSSR count). The van der Waals surface area contributed by atoms with E-state index < -0.39 is 0 Å². The molecule has 0 aliphatic heterocycles. The lowest BCUT2D eigenvalue weighted by Gasteiger charge is -2.17. The van der Waals surface area contributed by atoms with Crippen molar-refractivity contribution in [2.24, 2.45) is 0 Å². The lowest BCUT2D eigenvalue weighted by Crippen LogP contribution is -2.25. The van der Waals surface area contributed by atoms with Gasteiger partial charge in [-0.25, -0.2) is 9.97 Å². The molecule has 0 aliphatic rings. The molecule has 0 fully saturated rings. The van der Waals surface area contributed by atoms with Crippen LogP contribution < -0.4 is 5.73 Å². The number of anilines is 1. The van der Waals surface area contributed by atoms with E-state index in [1.54, 1.807) is 0 Å². The zero-order valence-electron chi connectivity index (χ0n) is 12.1. The molecule has 2 aromatic heterocycles. The van der Waals surface area contributed by atoms with Crippen LogP contribution in [0.4, 0.5) is 5.95 Å². The topological polar surface area (TPSA) is 60.0 Å². The Kier molecular flexibility index (Phi) is 4.37. The van der Waals surface area contributed by atoms with Crippen LogP contribution in [0.3, 0.4) is 0 Å². The molecular weight excluding hydrogens is 238 g/mol. The van der Waals surface area contributed by atoms with Gasteiger partial charge in [0.2, 0.25) is 5.95 Å². The van der Waals surface area contributed by atoms with E-state index in [0.29, 0.717) is 5.95 Å². The van der Waals surface area contributed by atoms with Gasteiger partial charge in [-0.2, -0.15) is 0 Å². The Morgan fingerprint density at radius 1 is 1.32 bits per heavy atom. The summed E-state index contributed by atoms with van der Waals surface area (Å²) in [6.07, 6.45) is 2.93. The lowest BCUT2D eigenvalue weighted by atomic mass is 10.3. The maximum atomic E-state index is 5.98. The molecular formula is C14H23N5. The van der Waals surface area contributed by atoms with Gasteiger partial charge in [-0.3, -0.25) is 4.57 Å². The standard InChI is InChI=1S/C14H23N5/c1-4-18(5-2)7-6-8-19-13-12(17-14(19)15)9-11(3)10-16-13/h9-10H,4-8H2,1-3H3,(H2,15,17). The summed E-state index contributed by atoms with van der Waals surface area (Å²) in [4.78, 5) is 11.2. The molecule has 0 amide bonds. The first-order valence-electron chi connectivity index (χ1n) is 6.96. The Hall–Kier alpha value is -1.62. The number of pyridine rings is 1. The fraction of sp³-hybridized carbons (Fsp3) is 0.571. The monoisotopic (exact) mass is 261 g/mol. The van der Waals surface area contributed by atoms with E-state index in [-0.39, 0.29) is 0 Å². The number of aromatic nitrogens is 3. The molecule has 0 aliphatic carbocycles. The van der Waals surface area contributed by atoms with Gasteiger partial charge in [-0.1, -0.05) is 13.8 Å². The SMILES string of the molecule is CCN(CC)CCCn1c(N)nc2cc(C)cnc21. The highest BCUT2D eigenvalue weighted by Crippen LogP contribution is 2.17. The van der Waals surface area contributed by atoms with E-state index >= 15 is 0 Å². The van der Waals surface area contributed by atoms with Gasteiger partial charge in [0, 0.05) is 12.7 Å². The van der Waals surface area contributed by atoms with Crippen molar-refractivity contribution in [2.45, 2.75) is 33.7 Å². The first kappa shape index (κ1) is 13.8. The Bertz CT molecular complexity index is 542. The minimum Gasteiger partial charge on any atom is -0.369 e. The Morgan fingerprint density at radius 3 is 2.74 bits per heavy atom. The van der Waals surface area contributed by atoms with E-state index in [0.717, 1.165) is 49.3 Å². The van der Waals surface area contributed by atoms with Gasteiger partial charge in [0.05, 0.1) is 0 Å². The number of nitrogens with zero attached hydrogens (tertiary/aromatic N) is 4. The molecule has 5 nitrogen and oxygen atoms in total. The molecule has 2 N–H and O–H groups in total. The van der Waals surface area contributed by atoms with Crippen LogP contribution in [0.1, 0.15) is 25.8 Å². The van der Waals surface area contributed by atoms with Crippen LogP contribution >= 0.6 is 0 Å². The number of aryl methyl sites for hydroxylation is 2. The number of fused-ring (bicyclic) bond motifs is 1. The summed E-state index contributed by atoms with van der Waals surface area (Å²) in [7, 11) is 0. The highest BCUT2D eigenvalue weighted by atomic mass is 15.2. The van der Waals surface area contributed by atoms with Crippen LogP contribution in [0.2, 0.25) is 0 Å². The van der Waals surface area contributed by atoms with Gasteiger partial charge in [0.25, 0.3) is 0 Å². The molecule has 0 aromatic carbocycles. The van der Waals surface area contributed by atoms with Crippen LogP contribution in [0, 0.1) is 6.92 Å². The van der Waals surface area contributed by atoms with Gasteiger partial charge >= 0.3 is 0 Å². The van der Waals surface area contributed by atoms with Gasteiger partial charge in [0.1, 0.15) is 5.52 Å². The molecule has 0 spiro atoms. The Balaban J connectivity index is 2.10. The maximum absolute atomic E-state index is 5.98. The molecule has 0 saturated heterocycles. The van der Waals surface area contributed by atoms with Crippen molar-refractivity contribution < 1.29 is 0 Å². The average Bonchev–Trinajstić information content (AvgIpc) is 2.70. The van der Waals surface area contributed by atoms with Crippen LogP contribution in [0.25, 0.3) is 11.2 Å². The fourth-order valence-corrected chi connectivity index (χ4v) is 2.34. The van der Waals surface area contributed by atoms with E-state index in [1.807, 2.05) is 23.8 Å². The minimum absolute atomic E-state index is 0.563. The maximum Gasteiger partial charge on any atom is 0.202 e. The van der Waals surface area contributed by atoms with Crippen molar-refractivity contribution in [1.29, 1.82) is 0 Å². The average molecular weight is 261 g/mol. The third-order valence-electron chi connectivity index (χ3n) is 3.50. The second kappa shape index (κ2) is 6.02. The number of hydrogen-bond donors (Lipinski definition) is 1. The van der Waals surface area contributed by atoms with Crippen molar-refractivity contribution in [3.63, 3.8) is 0 Å². The molecule has 104 valence electrons. The molecule has 2 aromatic rings. The molecule has 0 atom stereocenters. The summed E-state index contributed by atoms with van der Waals surface area (Å²) in [6.45, 7) is 10.5. The van der Waals surface area contributed by atoms with Gasteiger partial charge in [-0.05, 0) is 44.6 Å². The number of hydrogen-bond acceptors (Lipinski definition) is 4. The van der Waals surface area contributed by atoms with E-state index in [4.69, 9.17) is 5.73 Å². The van der Waals surface area contributed by atoms with Crippen LogP contribution in [-0.2, 0) is 6.54 Å². The van der Waals surface area contributed by atoms with Crippen molar-refractivity contribution in [3.8, 4) is 0 Å². The molecule has 0 bridgehead atoms. The number of nitrogen functional groups attached to an aromatic ring is 1. The van der Waals surface area contributed by atoms with Crippen LogP contribution in [0.15, 0.2) is 12.3 Å². The highest BCUT2D eigenvalue weighted by molar-refractivity contribution is 5.74. The second-order valence-electron chi connectivity index (χ2n) is 4.86. The first-order chi connectivity index (χ1) is 9.15. The molecule has 0 radical (unpaired) electrons. The smallest absolute Gasteiger partial charge is 0.202 e. The lowest BCUT2D eigenvalue weighted by molar-refractivity contribution is 0.294. The normalized spacial score (nSPS) is 11.6. The van der Waals surface area contributed by atoms with Gasteiger partial charge < -0.3 is 10.6 Å². The second-order valence-corrected chi connectivity index (χ2v) is 4.86. The van der Waals surface area contributed by atoms with Crippen LogP contribution in [0.5, 0.6) is 0 Å². The quantitative estimate of drug-likeness (QED) is 0.864.